The van der Waals surface area contributed by atoms with Gasteiger partial charge in [-0.05, 0) is 54.2 Å². The topological polar surface area (TPSA) is 165 Å². The molecule has 0 unspecified atom stereocenters. The molecule has 7 aromatic rings. The third-order valence-electron chi connectivity index (χ3n) is 8.90. The largest absolute Gasteiger partial charge is 0.486 e. The third-order valence-corrected chi connectivity index (χ3v) is 8.90. The maximum absolute atomic E-state index is 8.74. The summed E-state index contributed by atoms with van der Waals surface area (Å²) >= 11 is 0. The van der Waals surface area contributed by atoms with Gasteiger partial charge in [-0.3, -0.25) is 32.0 Å². The van der Waals surface area contributed by atoms with Gasteiger partial charge in [0.05, 0.1) is 16.7 Å². The van der Waals surface area contributed by atoms with Crippen LogP contribution < -0.4 is 46.5 Å². The minimum absolute atomic E-state index is 0.0860. The van der Waals surface area contributed by atoms with Crippen molar-refractivity contribution in [3.63, 3.8) is 0 Å². The first-order valence-electron chi connectivity index (χ1n) is 17.2. The van der Waals surface area contributed by atoms with Crippen molar-refractivity contribution in [3.05, 3.63) is 143 Å². The van der Waals surface area contributed by atoms with Crippen molar-refractivity contribution in [1.29, 1.82) is 16.2 Å². The summed E-state index contributed by atoms with van der Waals surface area (Å²) in [6.07, 6.45) is 4.89. The molecule has 0 bridgehead atoms. The Morgan fingerprint density at radius 2 is 0.686 bits per heavy atom. The van der Waals surface area contributed by atoms with E-state index in [9.17, 15) is 0 Å². The molecule has 0 aliphatic carbocycles. The van der Waals surface area contributed by atoms with E-state index in [0.717, 1.165) is 38.5 Å². The highest BCUT2D eigenvalue weighted by Crippen LogP contribution is 2.27. The van der Waals surface area contributed by atoms with Gasteiger partial charge in [0.2, 0.25) is 0 Å². The molecule has 3 heterocycles. The normalized spacial score (nSPS) is 11.3. The number of aryl methyl sites for hydroxylation is 6. The summed E-state index contributed by atoms with van der Waals surface area (Å²) in [7, 11) is 0. The van der Waals surface area contributed by atoms with Crippen LogP contribution in [0.15, 0.2) is 123 Å². The highest BCUT2D eigenvalue weighted by Gasteiger charge is 2.25. The second-order valence-electron chi connectivity index (χ2n) is 12.5. The fourth-order valence-electron chi connectivity index (χ4n) is 6.44. The molecular formula is C39H39N9O3. The van der Waals surface area contributed by atoms with Crippen LogP contribution in [0.4, 0.5) is 0 Å². The molecule has 0 aliphatic heterocycles. The van der Waals surface area contributed by atoms with Crippen LogP contribution in [-0.4, -0.2) is 0 Å². The van der Waals surface area contributed by atoms with Crippen molar-refractivity contribution in [2.45, 2.75) is 58.2 Å². The van der Waals surface area contributed by atoms with Crippen LogP contribution in [-0.2, 0) is 38.9 Å². The molecule has 7 rings (SSSR count). The lowest BCUT2D eigenvalue weighted by molar-refractivity contribution is -0.758. The van der Waals surface area contributed by atoms with Gasteiger partial charge in [0.15, 0.2) is 0 Å². The van der Waals surface area contributed by atoms with Crippen molar-refractivity contribution < 1.29 is 27.6 Å². The maximum atomic E-state index is 8.74. The molecule has 51 heavy (non-hydrogen) atoms. The van der Waals surface area contributed by atoms with Crippen molar-refractivity contribution in [3.8, 4) is 33.8 Å². The van der Waals surface area contributed by atoms with Crippen LogP contribution in [0.3, 0.4) is 0 Å². The maximum Gasteiger partial charge on any atom is 0.273 e. The molecule has 258 valence electrons. The van der Waals surface area contributed by atoms with Crippen LogP contribution in [0.5, 0.6) is 0 Å². The number of hydrogen-bond donors (Lipinski definition) is 3. The van der Waals surface area contributed by atoms with E-state index in [2.05, 4.69) is 52.2 Å². The van der Waals surface area contributed by atoms with Crippen LogP contribution in [0.1, 0.15) is 36.0 Å². The van der Waals surface area contributed by atoms with Gasteiger partial charge in [0.25, 0.3) is 33.7 Å². The monoisotopic (exact) mass is 681 g/mol. The summed E-state index contributed by atoms with van der Waals surface area (Å²) in [4.78, 5) is 0. The lowest BCUT2D eigenvalue weighted by Gasteiger charge is -2.09. The molecule has 3 aromatic heterocycles. The Morgan fingerprint density at radius 1 is 0.412 bits per heavy atom. The first kappa shape index (κ1) is 33.2. The Bertz CT molecular complexity index is 2090. The molecule has 0 radical (unpaired) electrons. The first-order valence-corrected chi connectivity index (χ1v) is 17.2. The first-order chi connectivity index (χ1) is 25.0. The van der Waals surface area contributed by atoms with Crippen molar-refractivity contribution in [2.75, 3.05) is 0 Å². The van der Waals surface area contributed by atoms with E-state index in [1.807, 2.05) is 72.8 Å². The zero-order valence-electron chi connectivity index (χ0n) is 28.2. The van der Waals surface area contributed by atoms with Gasteiger partial charge in [-0.15, -0.1) is 0 Å². The second kappa shape index (κ2) is 15.5. The predicted molar refractivity (Wildman–Crippen MR) is 182 cm³/mol. The average Bonchev–Trinajstić information content (AvgIpc) is 3.84. The summed E-state index contributed by atoms with van der Waals surface area (Å²) < 4.78 is 21.4. The second-order valence-corrected chi connectivity index (χ2v) is 12.5. The van der Waals surface area contributed by atoms with Gasteiger partial charge in [-0.2, -0.15) is 0 Å². The molecule has 0 saturated carbocycles. The molecule has 4 aromatic carbocycles. The third kappa shape index (κ3) is 7.80. The van der Waals surface area contributed by atoms with Crippen molar-refractivity contribution in [2.24, 2.45) is 0 Å². The van der Waals surface area contributed by atoms with Crippen LogP contribution in [0, 0.1) is 16.2 Å². The van der Waals surface area contributed by atoms with Crippen LogP contribution >= 0.6 is 0 Å². The average molecular weight is 682 g/mol. The van der Waals surface area contributed by atoms with Crippen molar-refractivity contribution in [1.82, 2.24) is 15.8 Å². The summed E-state index contributed by atoms with van der Waals surface area (Å²) in [5, 5.41) is 38.9. The van der Waals surface area contributed by atoms with Gasteiger partial charge in [-0.1, -0.05) is 91.0 Å². The Hall–Kier alpha value is -6.30. The molecule has 0 amide bonds. The summed E-state index contributed by atoms with van der Waals surface area (Å²) in [6, 6.07) is 36.4. The number of rotatable bonds is 15. The number of benzene rings is 4. The quantitative estimate of drug-likeness (QED) is 0.140. The molecule has 0 saturated heterocycles. The number of hydrogen-bond acceptors (Lipinski definition) is 6. The van der Waals surface area contributed by atoms with Gasteiger partial charge < -0.3 is 13.6 Å². The number of aromatic nitrogens is 6. The smallest absolute Gasteiger partial charge is 0.273 e. The van der Waals surface area contributed by atoms with E-state index >= 15 is 0 Å². The fourth-order valence-corrected chi connectivity index (χ4v) is 6.44. The van der Waals surface area contributed by atoms with Crippen molar-refractivity contribution >= 4 is 0 Å². The molecule has 12 heteroatoms. The standard InChI is InChI=1S/C39H39N9O3/c40-37-34(46(43-49-37)22-10-19-28-13-4-1-5-14-28)31-25-32(35-38(41)50-44-47(35)23-11-20-29-15-6-2-7-16-29)27-33(26-31)36-39(42)51-45-48(36)24-12-21-30-17-8-3-9-18-30/h1-9,13-18,25-27,40-42H,10-12,19-24H2. The Balaban J connectivity index is 1.25. The van der Waals surface area contributed by atoms with Gasteiger partial charge in [-0.25, -0.2) is 14.0 Å². The SMILES string of the molecule is N=c1o[n-][n+](CCCc2ccccc2)c1-c1cc(-c2c(=N)o[n-][n+]2CCCc2ccccc2)cc(-c2c(=N)o[n-][n+]2CCCc2ccccc2)c1. The summed E-state index contributed by atoms with van der Waals surface area (Å²) in [6.45, 7) is 1.58. The number of nitrogens with zero attached hydrogens (tertiary/aromatic N) is 6. The minimum Gasteiger partial charge on any atom is -0.486 e. The molecule has 3 N–H and O–H groups in total. The van der Waals surface area contributed by atoms with Gasteiger partial charge in [0.1, 0.15) is 19.6 Å². The summed E-state index contributed by atoms with van der Waals surface area (Å²) in [5.74, 6) is 0. The lowest BCUT2D eigenvalue weighted by atomic mass is 9.99. The molecule has 12 nitrogen and oxygen atoms in total. The Labute approximate surface area is 293 Å². The Morgan fingerprint density at radius 3 is 0.961 bits per heavy atom. The van der Waals surface area contributed by atoms with E-state index in [-0.39, 0.29) is 16.7 Å². The van der Waals surface area contributed by atoms with Gasteiger partial charge >= 0.3 is 0 Å². The Kier molecular flexibility index (Phi) is 10.1. The predicted octanol–water partition coefficient (Wildman–Crippen LogP) is 3.54. The molecular weight excluding hydrogens is 642 g/mol. The van der Waals surface area contributed by atoms with Crippen LogP contribution in [0.2, 0.25) is 0 Å². The summed E-state index contributed by atoms with van der Waals surface area (Å²) in [5.41, 5.74) is 6.79. The van der Waals surface area contributed by atoms with E-state index in [0.29, 0.717) is 53.4 Å². The molecule has 0 aliphatic rings. The molecule has 0 fully saturated rings. The molecule has 0 atom stereocenters. The highest BCUT2D eigenvalue weighted by molar-refractivity contribution is 5.74. The highest BCUT2D eigenvalue weighted by atomic mass is 16.5. The zero-order chi connectivity index (χ0) is 35.0. The lowest BCUT2D eigenvalue weighted by Crippen LogP contribution is -2.42. The number of nitrogens with one attached hydrogen (secondary N) is 3. The van der Waals surface area contributed by atoms with E-state index in [4.69, 9.17) is 29.8 Å². The zero-order valence-corrected chi connectivity index (χ0v) is 28.2. The molecule has 0 spiro atoms. The van der Waals surface area contributed by atoms with E-state index < -0.39 is 0 Å². The van der Waals surface area contributed by atoms with E-state index in [1.54, 1.807) is 14.0 Å². The van der Waals surface area contributed by atoms with Crippen LogP contribution in [0.25, 0.3) is 33.8 Å². The van der Waals surface area contributed by atoms with E-state index in [1.165, 1.54) is 16.7 Å². The van der Waals surface area contributed by atoms with Gasteiger partial charge in [0, 0.05) is 19.3 Å². The fraction of sp³-hybridized carbons (Fsp3) is 0.231. The minimum atomic E-state index is -0.0860.